The van der Waals surface area contributed by atoms with Crippen molar-refractivity contribution in [2.75, 3.05) is 25.5 Å². The molecule has 1 saturated heterocycles. The molecule has 14 heavy (non-hydrogen) atoms. The minimum absolute atomic E-state index is 0.245. The van der Waals surface area contributed by atoms with Crippen LogP contribution in [0.4, 0.5) is 5.95 Å². The van der Waals surface area contributed by atoms with Crippen molar-refractivity contribution in [1.82, 2.24) is 15.3 Å². The Morgan fingerprint density at radius 3 is 3.29 bits per heavy atom. The molecule has 1 aliphatic heterocycles. The molecule has 2 N–H and O–H groups in total. The predicted octanol–water partition coefficient (Wildman–Crippen LogP) is 0.259. The Morgan fingerprint density at radius 1 is 1.64 bits per heavy atom. The Balaban J connectivity index is 2.00. The Bertz CT molecular complexity index is 299. The average molecular weight is 194 g/mol. The lowest BCUT2D eigenvalue weighted by Gasteiger charge is -2.11. The first-order valence-corrected chi connectivity index (χ1v) is 4.76. The largest absolute Gasteiger partial charge is 0.473 e. The minimum atomic E-state index is 0.245. The van der Waals surface area contributed by atoms with Gasteiger partial charge in [0, 0.05) is 25.9 Å². The molecule has 1 aromatic rings. The van der Waals surface area contributed by atoms with E-state index in [-0.39, 0.29) is 6.10 Å². The zero-order valence-electron chi connectivity index (χ0n) is 8.16. The van der Waals surface area contributed by atoms with Gasteiger partial charge in [-0.2, -0.15) is 4.98 Å². The topological polar surface area (TPSA) is 59.1 Å². The molecule has 0 aromatic carbocycles. The van der Waals surface area contributed by atoms with Crippen LogP contribution in [0.3, 0.4) is 0 Å². The van der Waals surface area contributed by atoms with Crippen LogP contribution in [0.2, 0.25) is 0 Å². The fourth-order valence-corrected chi connectivity index (χ4v) is 1.43. The van der Waals surface area contributed by atoms with E-state index in [4.69, 9.17) is 4.74 Å². The summed E-state index contributed by atoms with van der Waals surface area (Å²) in [6, 6.07) is 1.78. The highest BCUT2D eigenvalue weighted by atomic mass is 16.5. The summed E-state index contributed by atoms with van der Waals surface area (Å²) in [5.74, 6) is 1.23. The first-order chi connectivity index (χ1) is 6.88. The van der Waals surface area contributed by atoms with Crippen molar-refractivity contribution in [2.45, 2.75) is 12.5 Å². The van der Waals surface area contributed by atoms with Gasteiger partial charge >= 0.3 is 0 Å². The van der Waals surface area contributed by atoms with Gasteiger partial charge in [-0.1, -0.05) is 0 Å². The molecule has 2 rings (SSSR count). The van der Waals surface area contributed by atoms with Gasteiger partial charge in [-0.3, -0.25) is 0 Å². The van der Waals surface area contributed by atoms with Gasteiger partial charge in [-0.15, -0.1) is 0 Å². The summed E-state index contributed by atoms with van der Waals surface area (Å²) in [6.45, 7) is 1.92. The Morgan fingerprint density at radius 2 is 2.57 bits per heavy atom. The smallest absolute Gasteiger partial charge is 0.225 e. The van der Waals surface area contributed by atoms with Crippen LogP contribution in [0.15, 0.2) is 12.3 Å². The molecule has 1 atom stereocenters. The van der Waals surface area contributed by atoms with Crippen molar-refractivity contribution >= 4 is 5.95 Å². The molecule has 1 aromatic heterocycles. The zero-order chi connectivity index (χ0) is 9.80. The van der Waals surface area contributed by atoms with E-state index >= 15 is 0 Å². The molecule has 0 radical (unpaired) electrons. The Kier molecular flexibility index (Phi) is 2.78. The first-order valence-electron chi connectivity index (χ1n) is 4.76. The maximum absolute atomic E-state index is 5.66. The third kappa shape index (κ3) is 2.11. The van der Waals surface area contributed by atoms with Crippen LogP contribution in [0.1, 0.15) is 6.42 Å². The van der Waals surface area contributed by atoms with Gasteiger partial charge in [-0.05, 0) is 13.0 Å². The fourth-order valence-electron chi connectivity index (χ4n) is 1.43. The van der Waals surface area contributed by atoms with Crippen LogP contribution >= 0.6 is 0 Å². The number of hydrogen-bond donors (Lipinski definition) is 2. The summed E-state index contributed by atoms with van der Waals surface area (Å²) in [6.07, 6.45) is 2.98. The van der Waals surface area contributed by atoms with Crippen molar-refractivity contribution in [3.8, 4) is 5.88 Å². The summed E-state index contributed by atoms with van der Waals surface area (Å²) < 4.78 is 5.66. The molecule has 0 bridgehead atoms. The average Bonchev–Trinajstić information content (AvgIpc) is 2.71. The number of anilines is 1. The maximum atomic E-state index is 5.66. The number of nitrogens with zero attached hydrogens (tertiary/aromatic N) is 2. The number of nitrogens with one attached hydrogen (secondary N) is 2. The highest BCUT2D eigenvalue weighted by Crippen LogP contribution is 2.12. The predicted molar refractivity (Wildman–Crippen MR) is 53.5 cm³/mol. The third-order valence-electron chi connectivity index (χ3n) is 2.16. The van der Waals surface area contributed by atoms with Crippen LogP contribution in [0.5, 0.6) is 5.88 Å². The lowest BCUT2D eigenvalue weighted by molar-refractivity contribution is 0.214. The molecule has 0 spiro atoms. The second kappa shape index (κ2) is 4.23. The molecule has 1 aliphatic rings. The molecule has 0 saturated carbocycles. The van der Waals surface area contributed by atoms with Crippen molar-refractivity contribution in [3.05, 3.63) is 12.3 Å². The normalized spacial score (nSPS) is 20.8. The number of hydrogen-bond acceptors (Lipinski definition) is 5. The molecular formula is C9H14N4O. The molecule has 5 nitrogen and oxygen atoms in total. The number of aromatic nitrogens is 2. The quantitative estimate of drug-likeness (QED) is 0.722. The van der Waals surface area contributed by atoms with Crippen molar-refractivity contribution in [2.24, 2.45) is 0 Å². The van der Waals surface area contributed by atoms with Gasteiger partial charge in [0.1, 0.15) is 6.10 Å². The van der Waals surface area contributed by atoms with Crippen LogP contribution in [-0.2, 0) is 0 Å². The Hall–Kier alpha value is -1.36. The molecule has 76 valence electrons. The highest BCUT2D eigenvalue weighted by Gasteiger charge is 2.16. The molecule has 1 fully saturated rings. The van der Waals surface area contributed by atoms with E-state index in [0.717, 1.165) is 19.5 Å². The van der Waals surface area contributed by atoms with E-state index in [9.17, 15) is 0 Å². The summed E-state index contributed by atoms with van der Waals surface area (Å²) in [7, 11) is 1.79. The van der Waals surface area contributed by atoms with E-state index in [1.54, 1.807) is 19.3 Å². The third-order valence-corrected chi connectivity index (χ3v) is 2.16. The van der Waals surface area contributed by atoms with Crippen molar-refractivity contribution in [1.29, 1.82) is 0 Å². The minimum Gasteiger partial charge on any atom is -0.473 e. The van der Waals surface area contributed by atoms with Crippen LogP contribution in [-0.4, -0.2) is 36.2 Å². The van der Waals surface area contributed by atoms with E-state index in [1.807, 2.05) is 0 Å². The molecular weight excluding hydrogens is 180 g/mol. The summed E-state index contributed by atoms with van der Waals surface area (Å²) in [5.41, 5.74) is 0. The lowest BCUT2D eigenvalue weighted by Crippen LogP contribution is -2.20. The molecule has 5 heteroatoms. The van der Waals surface area contributed by atoms with Gasteiger partial charge in [0.05, 0.1) is 0 Å². The molecule has 0 amide bonds. The van der Waals surface area contributed by atoms with Crippen LogP contribution in [0, 0.1) is 0 Å². The van der Waals surface area contributed by atoms with E-state index in [1.165, 1.54) is 0 Å². The van der Waals surface area contributed by atoms with Gasteiger partial charge in [0.15, 0.2) is 0 Å². The van der Waals surface area contributed by atoms with E-state index in [0.29, 0.717) is 11.8 Å². The Labute approximate surface area is 82.9 Å². The SMILES string of the molecule is CNc1nccc(OC2CCNC2)n1. The first kappa shape index (κ1) is 9.21. The van der Waals surface area contributed by atoms with E-state index < -0.39 is 0 Å². The van der Waals surface area contributed by atoms with Gasteiger partial charge in [0.2, 0.25) is 11.8 Å². The monoisotopic (exact) mass is 194 g/mol. The van der Waals surface area contributed by atoms with Crippen molar-refractivity contribution < 1.29 is 4.74 Å². The second-order valence-corrected chi connectivity index (χ2v) is 3.20. The summed E-state index contributed by atoms with van der Waals surface area (Å²) in [5, 5.41) is 6.11. The van der Waals surface area contributed by atoms with Crippen molar-refractivity contribution in [3.63, 3.8) is 0 Å². The highest BCUT2D eigenvalue weighted by molar-refractivity contribution is 5.26. The van der Waals surface area contributed by atoms with Gasteiger partial charge < -0.3 is 15.4 Å². The maximum Gasteiger partial charge on any atom is 0.225 e. The van der Waals surface area contributed by atoms with E-state index in [2.05, 4.69) is 20.6 Å². The molecule has 0 aliphatic carbocycles. The number of rotatable bonds is 3. The molecule has 1 unspecified atom stereocenters. The second-order valence-electron chi connectivity index (χ2n) is 3.20. The summed E-state index contributed by atoms with van der Waals surface area (Å²) >= 11 is 0. The van der Waals surface area contributed by atoms with Gasteiger partial charge in [0.25, 0.3) is 0 Å². The lowest BCUT2D eigenvalue weighted by atomic mass is 10.3. The number of ether oxygens (including phenoxy) is 1. The van der Waals surface area contributed by atoms with Crippen LogP contribution in [0.25, 0.3) is 0 Å². The standard InChI is InChI=1S/C9H14N4O/c1-10-9-12-5-3-8(13-9)14-7-2-4-11-6-7/h3,5,7,11H,2,4,6H2,1H3,(H,10,12,13). The van der Waals surface area contributed by atoms with Gasteiger partial charge in [-0.25, -0.2) is 4.98 Å². The fraction of sp³-hybridized carbons (Fsp3) is 0.556. The summed E-state index contributed by atoms with van der Waals surface area (Å²) in [4.78, 5) is 8.20. The van der Waals surface area contributed by atoms with Crippen LogP contribution < -0.4 is 15.4 Å². The zero-order valence-corrected chi connectivity index (χ0v) is 8.16. The molecule has 2 heterocycles.